The summed E-state index contributed by atoms with van der Waals surface area (Å²) in [5.41, 5.74) is 4.10. The maximum atomic E-state index is 12.6. The summed E-state index contributed by atoms with van der Waals surface area (Å²) in [5, 5.41) is 1.11. The highest BCUT2D eigenvalue weighted by Gasteiger charge is 2.15. The van der Waals surface area contributed by atoms with Crippen molar-refractivity contribution >= 4 is 16.8 Å². The molecule has 0 aliphatic heterocycles. The predicted octanol–water partition coefficient (Wildman–Crippen LogP) is 2.79. The molecule has 1 N–H and O–H groups in total. The van der Waals surface area contributed by atoms with Gasteiger partial charge in [0.2, 0.25) is 0 Å². The number of benzene rings is 1. The van der Waals surface area contributed by atoms with E-state index in [9.17, 15) is 4.79 Å². The molecule has 22 heavy (non-hydrogen) atoms. The monoisotopic (exact) mass is 296 g/mol. The van der Waals surface area contributed by atoms with Gasteiger partial charge in [0.25, 0.3) is 5.91 Å². The minimum atomic E-state index is 0.00292. The Morgan fingerprint density at radius 1 is 1.36 bits per heavy atom. The van der Waals surface area contributed by atoms with Gasteiger partial charge in [0.05, 0.1) is 6.54 Å². The van der Waals surface area contributed by atoms with Gasteiger partial charge < -0.3 is 14.5 Å². The SMILES string of the molecule is Cc1[nH]c2ccc(C(=O)N(C)Cc3nccn3C)cc2c1C. The Labute approximate surface area is 129 Å². The number of hydrogen-bond donors (Lipinski definition) is 1. The van der Waals surface area contributed by atoms with Gasteiger partial charge in [-0.15, -0.1) is 0 Å². The first kappa shape index (κ1) is 14.4. The molecule has 2 heterocycles. The van der Waals surface area contributed by atoms with Crippen LogP contribution >= 0.6 is 0 Å². The lowest BCUT2D eigenvalue weighted by Crippen LogP contribution is -2.27. The molecule has 5 nitrogen and oxygen atoms in total. The summed E-state index contributed by atoms with van der Waals surface area (Å²) < 4.78 is 1.92. The summed E-state index contributed by atoms with van der Waals surface area (Å²) in [5.74, 6) is 0.869. The molecule has 0 unspecified atom stereocenters. The number of H-pyrrole nitrogens is 1. The topological polar surface area (TPSA) is 53.9 Å². The Kier molecular flexibility index (Phi) is 3.48. The van der Waals surface area contributed by atoms with E-state index in [0.29, 0.717) is 12.1 Å². The summed E-state index contributed by atoms with van der Waals surface area (Å²) in [4.78, 5) is 21.9. The number of nitrogens with zero attached hydrogens (tertiary/aromatic N) is 3. The van der Waals surface area contributed by atoms with Crippen LogP contribution in [0.15, 0.2) is 30.6 Å². The Morgan fingerprint density at radius 3 is 2.82 bits per heavy atom. The van der Waals surface area contributed by atoms with Crippen molar-refractivity contribution in [2.75, 3.05) is 7.05 Å². The predicted molar refractivity (Wildman–Crippen MR) is 86.8 cm³/mol. The lowest BCUT2D eigenvalue weighted by molar-refractivity contribution is 0.0780. The van der Waals surface area contributed by atoms with Crippen LogP contribution in [-0.2, 0) is 13.6 Å². The molecule has 0 saturated heterocycles. The van der Waals surface area contributed by atoms with Crippen molar-refractivity contribution in [2.45, 2.75) is 20.4 Å². The van der Waals surface area contributed by atoms with E-state index in [4.69, 9.17) is 0 Å². The van der Waals surface area contributed by atoms with Crippen LogP contribution in [0.3, 0.4) is 0 Å². The van der Waals surface area contributed by atoms with Gasteiger partial charge in [0.1, 0.15) is 5.82 Å². The molecular formula is C17H20N4O. The Hall–Kier alpha value is -2.56. The molecule has 1 aromatic carbocycles. The summed E-state index contributed by atoms with van der Waals surface area (Å²) in [7, 11) is 3.73. The molecule has 0 atom stereocenters. The third kappa shape index (κ3) is 2.39. The zero-order valence-electron chi connectivity index (χ0n) is 13.3. The molecule has 3 rings (SSSR count). The number of rotatable bonds is 3. The average Bonchev–Trinajstić information content (AvgIpc) is 3.02. The standard InChI is InChI=1S/C17H20N4O/c1-11-12(2)19-15-6-5-13(9-14(11)15)17(22)21(4)10-16-18-7-8-20(16)3/h5-9,19H,10H2,1-4H3. The van der Waals surface area contributed by atoms with Crippen LogP contribution < -0.4 is 0 Å². The number of nitrogens with one attached hydrogen (secondary N) is 1. The highest BCUT2D eigenvalue weighted by atomic mass is 16.2. The van der Waals surface area contributed by atoms with Crippen LogP contribution in [0.25, 0.3) is 10.9 Å². The van der Waals surface area contributed by atoms with Crippen molar-refractivity contribution in [3.8, 4) is 0 Å². The first-order valence-corrected chi connectivity index (χ1v) is 7.28. The zero-order chi connectivity index (χ0) is 15.9. The summed E-state index contributed by atoms with van der Waals surface area (Å²) in [6.45, 7) is 4.61. The second-order valence-corrected chi connectivity index (χ2v) is 5.75. The lowest BCUT2D eigenvalue weighted by Gasteiger charge is -2.17. The first-order valence-electron chi connectivity index (χ1n) is 7.28. The molecule has 0 saturated carbocycles. The number of aryl methyl sites for hydroxylation is 3. The fraction of sp³-hybridized carbons (Fsp3) is 0.294. The van der Waals surface area contributed by atoms with Crippen LogP contribution in [0, 0.1) is 13.8 Å². The number of fused-ring (bicyclic) bond motifs is 1. The fourth-order valence-corrected chi connectivity index (χ4v) is 2.65. The van der Waals surface area contributed by atoms with E-state index in [1.54, 1.807) is 18.1 Å². The summed E-state index contributed by atoms with van der Waals surface area (Å²) in [6, 6.07) is 5.80. The Bertz CT molecular complexity index is 844. The molecule has 5 heteroatoms. The quantitative estimate of drug-likeness (QED) is 0.808. The lowest BCUT2D eigenvalue weighted by atomic mass is 10.1. The third-order valence-electron chi connectivity index (χ3n) is 4.20. The number of carbonyl (C=O) groups is 1. The van der Waals surface area contributed by atoms with Crippen molar-refractivity contribution < 1.29 is 4.79 Å². The maximum Gasteiger partial charge on any atom is 0.254 e. The molecule has 0 aliphatic rings. The smallest absolute Gasteiger partial charge is 0.254 e. The van der Waals surface area contributed by atoms with Crippen LogP contribution in [0.4, 0.5) is 0 Å². The second-order valence-electron chi connectivity index (χ2n) is 5.75. The molecule has 2 aromatic heterocycles. The first-order chi connectivity index (χ1) is 10.5. The van der Waals surface area contributed by atoms with Crippen molar-refractivity contribution in [1.29, 1.82) is 0 Å². The normalized spacial score (nSPS) is 11.1. The maximum absolute atomic E-state index is 12.6. The number of hydrogen-bond acceptors (Lipinski definition) is 2. The van der Waals surface area contributed by atoms with Crippen LogP contribution in [-0.4, -0.2) is 32.4 Å². The number of aromatic nitrogens is 3. The van der Waals surface area contributed by atoms with E-state index in [2.05, 4.69) is 16.9 Å². The number of carbonyl (C=O) groups excluding carboxylic acids is 1. The molecule has 0 fully saturated rings. The van der Waals surface area contributed by atoms with Crippen molar-refractivity contribution in [2.24, 2.45) is 7.05 Å². The van der Waals surface area contributed by atoms with E-state index in [-0.39, 0.29) is 5.91 Å². The van der Waals surface area contributed by atoms with Gasteiger partial charge in [0.15, 0.2) is 0 Å². The van der Waals surface area contributed by atoms with Crippen molar-refractivity contribution in [3.63, 3.8) is 0 Å². The molecule has 0 spiro atoms. The summed E-state index contributed by atoms with van der Waals surface area (Å²) in [6.07, 6.45) is 3.62. The number of amides is 1. The third-order valence-corrected chi connectivity index (χ3v) is 4.20. The largest absolute Gasteiger partial charge is 0.358 e. The molecular weight excluding hydrogens is 276 g/mol. The molecule has 0 bridgehead atoms. The Balaban J connectivity index is 1.88. The van der Waals surface area contributed by atoms with Crippen molar-refractivity contribution in [1.82, 2.24) is 19.4 Å². The molecule has 0 radical (unpaired) electrons. The average molecular weight is 296 g/mol. The van der Waals surface area contributed by atoms with Gasteiger partial charge in [-0.2, -0.15) is 0 Å². The highest BCUT2D eigenvalue weighted by Crippen LogP contribution is 2.23. The van der Waals surface area contributed by atoms with Gasteiger partial charge in [-0.25, -0.2) is 4.98 Å². The van der Waals surface area contributed by atoms with Crippen molar-refractivity contribution in [3.05, 3.63) is 53.2 Å². The van der Waals surface area contributed by atoms with E-state index in [1.807, 2.05) is 42.9 Å². The van der Waals surface area contributed by atoms with Gasteiger partial charge in [-0.1, -0.05) is 0 Å². The van der Waals surface area contributed by atoms with Crippen LogP contribution in [0.5, 0.6) is 0 Å². The van der Waals surface area contributed by atoms with Gasteiger partial charge in [0, 0.05) is 48.6 Å². The number of aromatic amines is 1. The molecule has 0 aliphatic carbocycles. The van der Waals surface area contributed by atoms with Crippen LogP contribution in [0.1, 0.15) is 27.4 Å². The molecule has 1 amide bonds. The Morgan fingerprint density at radius 2 is 2.14 bits per heavy atom. The van der Waals surface area contributed by atoms with E-state index in [0.717, 1.165) is 22.4 Å². The molecule has 3 aromatic rings. The van der Waals surface area contributed by atoms with Gasteiger partial charge >= 0.3 is 0 Å². The van der Waals surface area contributed by atoms with E-state index in [1.165, 1.54) is 5.56 Å². The van der Waals surface area contributed by atoms with E-state index < -0.39 is 0 Å². The minimum absolute atomic E-state index is 0.00292. The van der Waals surface area contributed by atoms with Gasteiger partial charge in [-0.05, 0) is 37.6 Å². The number of imidazole rings is 1. The minimum Gasteiger partial charge on any atom is -0.358 e. The van der Waals surface area contributed by atoms with E-state index >= 15 is 0 Å². The van der Waals surface area contributed by atoms with Crippen LogP contribution in [0.2, 0.25) is 0 Å². The zero-order valence-corrected chi connectivity index (χ0v) is 13.3. The second kappa shape index (κ2) is 5.33. The van der Waals surface area contributed by atoms with Gasteiger partial charge in [-0.3, -0.25) is 4.79 Å². The fourth-order valence-electron chi connectivity index (χ4n) is 2.65. The molecule has 114 valence electrons. The highest BCUT2D eigenvalue weighted by molar-refractivity contribution is 5.98. The summed E-state index contributed by atoms with van der Waals surface area (Å²) >= 11 is 0.